The number of hydrogen-bond donors (Lipinski definition) is 0. The van der Waals surface area contributed by atoms with Crippen molar-refractivity contribution in [2.24, 2.45) is 0 Å². The molecular weight excluding hydrogens is 352 g/mol. The van der Waals surface area contributed by atoms with Crippen LogP contribution in [0.15, 0.2) is 24.3 Å². The van der Waals surface area contributed by atoms with Crippen LogP contribution in [0.25, 0.3) is 0 Å². The molecule has 0 aromatic rings. The maximum absolute atomic E-state index is 12.8. The van der Waals surface area contributed by atoms with Crippen LogP contribution < -0.4 is 0 Å². The SMILES string of the molecule is C=C(C)C(=O)C(CC=O)[Si](C)(O[Si](C)(C)C)C(CC=O)C(=O)C(=C)C. The average Bonchev–Trinajstić information content (AvgIpc) is 2.46. The number of rotatable bonds is 12. The molecule has 0 aliphatic heterocycles. The molecule has 0 aliphatic carbocycles. The zero-order valence-electron chi connectivity index (χ0n) is 16.2. The van der Waals surface area contributed by atoms with Crippen LogP contribution in [0, 0.1) is 0 Å². The van der Waals surface area contributed by atoms with Gasteiger partial charge < -0.3 is 13.7 Å². The van der Waals surface area contributed by atoms with Crippen molar-refractivity contribution in [2.45, 2.75) is 64.0 Å². The molecule has 2 unspecified atom stereocenters. The van der Waals surface area contributed by atoms with Crippen LogP contribution >= 0.6 is 0 Å². The summed E-state index contributed by atoms with van der Waals surface area (Å²) in [4.78, 5) is 48.0. The third-order valence-electron chi connectivity index (χ3n) is 4.05. The van der Waals surface area contributed by atoms with Gasteiger partial charge in [0.1, 0.15) is 12.6 Å². The second-order valence-electron chi connectivity index (χ2n) is 7.60. The van der Waals surface area contributed by atoms with Crippen molar-refractivity contribution in [1.82, 2.24) is 0 Å². The van der Waals surface area contributed by atoms with Crippen molar-refractivity contribution in [3.63, 3.8) is 0 Å². The zero-order chi connectivity index (χ0) is 20.0. The predicted octanol–water partition coefficient (Wildman–Crippen LogP) is 3.62. The lowest BCUT2D eigenvalue weighted by Crippen LogP contribution is -2.55. The second-order valence-corrected chi connectivity index (χ2v) is 16.4. The Bertz CT molecular complexity index is 535. The maximum atomic E-state index is 12.8. The van der Waals surface area contributed by atoms with Crippen LogP contribution in [-0.2, 0) is 23.3 Å². The summed E-state index contributed by atoms with van der Waals surface area (Å²) < 4.78 is 6.43. The molecule has 0 aromatic carbocycles. The fraction of sp³-hybridized carbons (Fsp3) is 0.556. The van der Waals surface area contributed by atoms with Crippen LogP contribution in [0.5, 0.6) is 0 Å². The summed E-state index contributed by atoms with van der Waals surface area (Å²) in [6, 6.07) is 0. The molecule has 25 heavy (non-hydrogen) atoms. The molecule has 0 fully saturated rings. The Labute approximate surface area is 152 Å². The summed E-state index contributed by atoms with van der Waals surface area (Å²) in [7, 11) is -5.33. The summed E-state index contributed by atoms with van der Waals surface area (Å²) >= 11 is 0. The van der Waals surface area contributed by atoms with Gasteiger partial charge in [-0.2, -0.15) is 0 Å². The summed E-state index contributed by atoms with van der Waals surface area (Å²) in [5.74, 6) is -0.546. The third-order valence-corrected chi connectivity index (χ3v) is 12.0. The van der Waals surface area contributed by atoms with E-state index in [1.165, 1.54) is 0 Å². The van der Waals surface area contributed by atoms with Gasteiger partial charge >= 0.3 is 0 Å². The first-order valence-corrected chi connectivity index (χ1v) is 14.3. The van der Waals surface area contributed by atoms with Crippen molar-refractivity contribution >= 4 is 40.8 Å². The first-order valence-electron chi connectivity index (χ1n) is 8.28. The van der Waals surface area contributed by atoms with E-state index in [4.69, 9.17) is 4.12 Å². The van der Waals surface area contributed by atoms with E-state index in [9.17, 15) is 19.2 Å². The predicted molar refractivity (Wildman–Crippen MR) is 105 cm³/mol. The minimum atomic E-state index is -3.16. The van der Waals surface area contributed by atoms with E-state index >= 15 is 0 Å². The Kier molecular flexibility index (Phi) is 8.77. The number of ketones is 2. The third kappa shape index (κ3) is 6.41. The lowest BCUT2D eigenvalue weighted by molar-refractivity contribution is -0.119. The van der Waals surface area contributed by atoms with Crippen molar-refractivity contribution in [3.05, 3.63) is 24.3 Å². The van der Waals surface area contributed by atoms with Gasteiger partial charge in [0.2, 0.25) is 0 Å². The fourth-order valence-corrected chi connectivity index (χ4v) is 12.6. The molecule has 0 heterocycles. The lowest BCUT2D eigenvalue weighted by Gasteiger charge is -2.43. The molecule has 0 aromatic heterocycles. The quantitative estimate of drug-likeness (QED) is 0.293. The largest absolute Gasteiger partial charge is 0.455 e. The van der Waals surface area contributed by atoms with E-state index in [0.29, 0.717) is 23.7 Å². The topological polar surface area (TPSA) is 77.5 Å². The van der Waals surface area contributed by atoms with Gasteiger partial charge in [-0.15, -0.1) is 0 Å². The number of allylic oxidation sites excluding steroid dienone is 2. The normalized spacial score (nSPS) is 16.2. The molecule has 7 heteroatoms. The van der Waals surface area contributed by atoms with Crippen LogP contribution in [0.2, 0.25) is 37.3 Å². The first kappa shape index (κ1) is 23.6. The van der Waals surface area contributed by atoms with Crippen LogP contribution in [0.4, 0.5) is 0 Å². The minimum Gasteiger partial charge on any atom is -0.455 e. The molecule has 0 N–H and O–H groups in total. The molecule has 0 aliphatic rings. The Balaban J connectivity index is 6.45. The van der Waals surface area contributed by atoms with E-state index in [0.717, 1.165) is 0 Å². The highest BCUT2D eigenvalue weighted by Gasteiger charge is 2.53. The highest BCUT2D eigenvalue weighted by molar-refractivity contribution is 6.90. The van der Waals surface area contributed by atoms with E-state index < -0.39 is 27.7 Å². The molecule has 140 valence electrons. The van der Waals surface area contributed by atoms with Gasteiger partial charge in [-0.1, -0.05) is 13.2 Å². The van der Waals surface area contributed by atoms with E-state index in [2.05, 4.69) is 13.2 Å². The molecule has 5 nitrogen and oxygen atoms in total. The Morgan fingerprint density at radius 3 is 1.40 bits per heavy atom. The Morgan fingerprint density at radius 2 is 1.20 bits per heavy atom. The zero-order valence-corrected chi connectivity index (χ0v) is 18.2. The standard InChI is InChI=1S/C18H30O5Si2/c1-13(2)17(21)15(9-11-19)25(8,23-24(5,6)7)16(10-12-20)18(22)14(3)4/h11-12,15-16H,1,3,9-10H2,2,4-8H3. The van der Waals surface area contributed by atoms with Gasteiger partial charge in [0.25, 0.3) is 0 Å². The molecule has 0 saturated carbocycles. The maximum Gasteiger partial charge on any atom is 0.199 e. The minimum absolute atomic E-state index is 0.0439. The van der Waals surface area contributed by atoms with Crippen molar-refractivity contribution in [2.75, 3.05) is 0 Å². The second kappa shape index (κ2) is 9.31. The smallest absolute Gasteiger partial charge is 0.199 e. The summed E-state index contributed by atoms with van der Waals surface area (Å²) in [5.41, 5.74) is -0.861. The Hall–Kier alpha value is -1.45. The highest BCUT2D eigenvalue weighted by Crippen LogP contribution is 2.42. The van der Waals surface area contributed by atoms with E-state index in [1.54, 1.807) is 20.4 Å². The molecular formula is C18H30O5Si2. The van der Waals surface area contributed by atoms with Crippen LogP contribution in [0.1, 0.15) is 26.7 Å². The van der Waals surface area contributed by atoms with Gasteiger partial charge in [-0.05, 0) is 51.2 Å². The number of aldehydes is 2. The van der Waals surface area contributed by atoms with Gasteiger partial charge in [0, 0.05) is 23.9 Å². The van der Waals surface area contributed by atoms with Crippen molar-refractivity contribution < 1.29 is 23.3 Å². The summed E-state index contributed by atoms with van der Waals surface area (Å²) in [6.07, 6.45) is 1.26. The van der Waals surface area contributed by atoms with E-state index in [-0.39, 0.29) is 24.4 Å². The molecule has 0 spiro atoms. The van der Waals surface area contributed by atoms with Crippen LogP contribution in [-0.4, -0.2) is 40.8 Å². The summed E-state index contributed by atoms with van der Waals surface area (Å²) in [6.45, 7) is 18.2. The molecule has 0 amide bonds. The molecule has 2 atom stereocenters. The monoisotopic (exact) mass is 382 g/mol. The van der Waals surface area contributed by atoms with Crippen molar-refractivity contribution in [1.29, 1.82) is 0 Å². The van der Waals surface area contributed by atoms with E-state index in [1.807, 2.05) is 19.6 Å². The highest BCUT2D eigenvalue weighted by atomic mass is 28.4. The van der Waals surface area contributed by atoms with Crippen LogP contribution in [0.3, 0.4) is 0 Å². The number of carbonyl (C=O) groups is 4. The van der Waals surface area contributed by atoms with Crippen molar-refractivity contribution in [3.8, 4) is 0 Å². The number of hydrogen-bond acceptors (Lipinski definition) is 5. The van der Waals surface area contributed by atoms with Gasteiger partial charge in [0.05, 0.1) is 0 Å². The fourth-order valence-electron chi connectivity index (χ4n) is 3.03. The molecule has 0 rings (SSSR count). The van der Waals surface area contributed by atoms with Gasteiger partial charge in [0.15, 0.2) is 28.2 Å². The molecule has 0 bridgehead atoms. The molecule has 0 radical (unpaired) electrons. The van der Waals surface area contributed by atoms with Gasteiger partial charge in [-0.3, -0.25) is 9.59 Å². The first-order chi connectivity index (χ1) is 11.3. The molecule has 0 saturated heterocycles. The number of Topliss-reactive ketones (excluding diaryl/α,β-unsaturated/α-hetero) is 2. The van der Waals surface area contributed by atoms with Gasteiger partial charge in [-0.25, -0.2) is 0 Å². The summed E-state index contributed by atoms with van der Waals surface area (Å²) in [5, 5.41) is 0. The lowest BCUT2D eigenvalue weighted by atomic mass is 10.1. The number of carbonyl (C=O) groups excluding carboxylic acids is 4. The average molecular weight is 383 g/mol. The Morgan fingerprint density at radius 1 is 0.880 bits per heavy atom.